The first kappa shape index (κ1) is 18.1. The molecule has 0 saturated heterocycles. The van der Waals surface area contributed by atoms with E-state index in [1.807, 2.05) is 23.6 Å². The van der Waals surface area contributed by atoms with Crippen LogP contribution in [0.2, 0.25) is 0 Å². The third-order valence-corrected chi connectivity index (χ3v) is 4.72. The summed E-state index contributed by atoms with van der Waals surface area (Å²) in [7, 11) is 0. The zero-order valence-electron chi connectivity index (χ0n) is 13.7. The maximum absolute atomic E-state index is 12.0. The van der Waals surface area contributed by atoms with E-state index in [2.05, 4.69) is 31.8 Å². The molecule has 0 aliphatic carbocycles. The van der Waals surface area contributed by atoms with E-state index in [-0.39, 0.29) is 11.7 Å². The fourth-order valence-electron chi connectivity index (χ4n) is 2.09. The highest BCUT2D eigenvalue weighted by Gasteiger charge is 2.10. The van der Waals surface area contributed by atoms with E-state index in [1.165, 1.54) is 11.3 Å². The zero-order chi connectivity index (χ0) is 18.5. The molecule has 0 radical (unpaired) electrons. The zero-order valence-corrected chi connectivity index (χ0v) is 16.1. The molecule has 0 aliphatic rings. The number of furan rings is 1. The van der Waals surface area contributed by atoms with Crippen LogP contribution >= 0.6 is 27.3 Å². The second-order valence-electron chi connectivity index (χ2n) is 5.25. The first-order valence-electron chi connectivity index (χ1n) is 7.58. The third kappa shape index (κ3) is 4.47. The summed E-state index contributed by atoms with van der Waals surface area (Å²) < 4.78 is 5.64. The maximum atomic E-state index is 12.0. The number of benzene rings is 1. The predicted molar refractivity (Wildman–Crippen MR) is 105 cm³/mol. The smallest absolute Gasteiger partial charge is 0.307 e. The molecular weight excluding hydrogens is 418 g/mol. The summed E-state index contributed by atoms with van der Waals surface area (Å²) in [6.07, 6.45) is 0. The SMILES string of the molecule is C/C(=N/NC(=O)c1ccc(Br)o1)c1ccc(NC(=O)c2cccs2)cc1. The van der Waals surface area contributed by atoms with Crippen LogP contribution in [0.25, 0.3) is 0 Å². The lowest BCUT2D eigenvalue weighted by Crippen LogP contribution is -2.18. The van der Waals surface area contributed by atoms with Gasteiger partial charge in [0.2, 0.25) is 0 Å². The second-order valence-corrected chi connectivity index (χ2v) is 6.98. The number of halogens is 1. The monoisotopic (exact) mass is 431 g/mol. The van der Waals surface area contributed by atoms with Gasteiger partial charge in [0.25, 0.3) is 5.91 Å². The second kappa shape index (κ2) is 8.11. The van der Waals surface area contributed by atoms with Crippen LogP contribution in [-0.2, 0) is 0 Å². The van der Waals surface area contributed by atoms with Crippen molar-refractivity contribution in [1.29, 1.82) is 0 Å². The minimum Gasteiger partial charge on any atom is -0.444 e. The van der Waals surface area contributed by atoms with Crippen LogP contribution in [0, 0.1) is 0 Å². The van der Waals surface area contributed by atoms with Gasteiger partial charge in [-0.05, 0) is 64.1 Å². The van der Waals surface area contributed by atoms with Crippen molar-refractivity contribution in [3.8, 4) is 0 Å². The standard InChI is InChI=1S/C18H14BrN3O3S/c1-11(21-22-17(23)14-8-9-16(19)25-14)12-4-6-13(7-5-12)20-18(24)15-3-2-10-26-15/h2-10H,1H3,(H,20,24)(H,22,23)/b21-11-. The predicted octanol–water partition coefficient (Wildman–Crippen LogP) is 4.51. The van der Waals surface area contributed by atoms with Gasteiger partial charge < -0.3 is 9.73 Å². The van der Waals surface area contributed by atoms with Crippen LogP contribution in [0.15, 0.2) is 68.1 Å². The molecule has 132 valence electrons. The largest absolute Gasteiger partial charge is 0.444 e. The summed E-state index contributed by atoms with van der Waals surface area (Å²) >= 11 is 4.53. The Morgan fingerprint density at radius 3 is 2.46 bits per heavy atom. The molecule has 0 bridgehead atoms. The van der Waals surface area contributed by atoms with Crippen molar-refractivity contribution in [2.45, 2.75) is 6.92 Å². The van der Waals surface area contributed by atoms with Crippen molar-refractivity contribution in [1.82, 2.24) is 5.43 Å². The molecule has 2 N–H and O–H groups in total. The molecule has 0 atom stereocenters. The van der Waals surface area contributed by atoms with E-state index in [0.717, 1.165) is 5.56 Å². The van der Waals surface area contributed by atoms with Crippen LogP contribution < -0.4 is 10.7 Å². The van der Waals surface area contributed by atoms with Crippen molar-refractivity contribution in [2.75, 3.05) is 5.32 Å². The fraction of sp³-hybridized carbons (Fsp3) is 0.0556. The van der Waals surface area contributed by atoms with Gasteiger partial charge in [0, 0.05) is 5.69 Å². The lowest BCUT2D eigenvalue weighted by atomic mass is 10.1. The molecule has 2 amide bonds. The Morgan fingerprint density at radius 1 is 1.08 bits per heavy atom. The van der Waals surface area contributed by atoms with Gasteiger partial charge in [0.15, 0.2) is 10.4 Å². The third-order valence-electron chi connectivity index (χ3n) is 3.43. The van der Waals surface area contributed by atoms with Crippen LogP contribution in [-0.4, -0.2) is 17.5 Å². The number of carbonyl (C=O) groups is 2. The quantitative estimate of drug-likeness (QED) is 0.460. The van der Waals surface area contributed by atoms with Gasteiger partial charge in [-0.25, -0.2) is 5.43 Å². The molecule has 3 rings (SSSR count). The lowest BCUT2D eigenvalue weighted by Gasteiger charge is -2.06. The molecule has 0 unspecified atom stereocenters. The summed E-state index contributed by atoms with van der Waals surface area (Å²) in [6.45, 7) is 1.78. The van der Waals surface area contributed by atoms with Gasteiger partial charge in [0.1, 0.15) is 0 Å². The highest BCUT2D eigenvalue weighted by Crippen LogP contribution is 2.15. The first-order valence-corrected chi connectivity index (χ1v) is 9.25. The molecule has 2 heterocycles. The number of anilines is 1. The van der Waals surface area contributed by atoms with Crippen molar-refractivity contribution in [3.63, 3.8) is 0 Å². The van der Waals surface area contributed by atoms with Gasteiger partial charge in [-0.2, -0.15) is 5.10 Å². The Hall–Kier alpha value is -2.71. The number of hydrazone groups is 1. The maximum Gasteiger partial charge on any atom is 0.307 e. The topological polar surface area (TPSA) is 83.7 Å². The number of amides is 2. The number of nitrogens with zero attached hydrogens (tertiary/aromatic N) is 1. The number of thiophene rings is 1. The van der Waals surface area contributed by atoms with Gasteiger partial charge in [0.05, 0.1) is 10.6 Å². The van der Waals surface area contributed by atoms with E-state index in [1.54, 1.807) is 37.3 Å². The molecule has 2 aromatic heterocycles. The summed E-state index contributed by atoms with van der Waals surface area (Å²) in [4.78, 5) is 24.6. The summed E-state index contributed by atoms with van der Waals surface area (Å²) in [5.41, 5.74) is 4.57. The van der Waals surface area contributed by atoms with Crippen LogP contribution in [0.1, 0.15) is 32.7 Å². The average Bonchev–Trinajstić information content (AvgIpc) is 3.31. The minimum atomic E-state index is -0.435. The van der Waals surface area contributed by atoms with Crippen molar-refractivity contribution in [3.05, 3.63) is 74.8 Å². The number of hydrogen-bond donors (Lipinski definition) is 2. The Bertz CT molecular complexity index is 946. The highest BCUT2D eigenvalue weighted by atomic mass is 79.9. The van der Waals surface area contributed by atoms with Gasteiger partial charge >= 0.3 is 5.91 Å². The minimum absolute atomic E-state index is 0.144. The number of nitrogens with one attached hydrogen (secondary N) is 2. The summed E-state index contributed by atoms with van der Waals surface area (Å²) in [5.74, 6) is -0.412. The van der Waals surface area contributed by atoms with Crippen molar-refractivity contribution < 1.29 is 14.0 Å². The van der Waals surface area contributed by atoms with E-state index in [4.69, 9.17) is 4.42 Å². The molecule has 3 aromatic rings. The normalized spacial score (nSPS) is 11.2. The van der Waals surface area contributed by atoms with Crippen LogP contribution in [0.3, 0.4) is 0 Å². The average molecular weight is 432 g/mol. The van der Waals surface area contributed by atoms with Crippen molar-refractivity contribution in [2.24, 2.45) is 5.10 Å². The Kier molecular flexibility index (Phi) is 5.65. The molecule has 0 saturated carbocycles. The van der Waals surface area contributed by atoms with Gasteiger partial charge in [-0.1, -0.05) is 18.2 Å². The molecular formula is C18H14BrN3O3S. The molecule has 0 aliphatic heterocycles. The molecule has 0 fully saturated rings. The van der Waals surface area contributed by atoms with Crippen LogP contribution in [0.4, 0.5) is 5.69 Å². The molecule has 0 spiro atoms. The number of hydrogen-bond acceptors (Lipinski definition) is 5. The number of rotatable bonds is 5. The fourth-order valence-corrected chi connectivity index (χ4v) is 3.01. The molecule has 26 heavy (non-hydrogen) atoms. The van der Waals surface area contributed by atoms with Gasteiger partial charge in [-0.15, -0.1) is 11.3 Å². The van der Waals surface area contributed by atoms with Crippen LogP contribution in [0.5, 0.6) is 0 Å². The summed E-state index contributed by atoms with van der Waals surface area (Å²) in [5, 5.41) is 8.75. The summed E-state index contributed by atoms with van der Waals surface area (Å²) in [6, 6.07) is 14.0. The van der Waals surface area contributed by atoms with E-state index < -0.39 is 5.91 Å². The highest BCUT2D eigenvalue weighted by molar-refractivity contribution is 9.10. The first-order chi connectivity index (χ1) is 12.5. The Balaban J connectivity index is 1.62. The number of carbonyl (C=O) groups excluding carboxylic acids is 2. The lowest BCUT2D eigenvalue weighted by molar-refractivity contribution is 0.0925. The molecule has 8 heteroatoms. The van der Waals surface area contributed by atoms with E-state index in [0.29, 0.717) is 20.9 Å². The molecule has 1 aromatic carbocycles. The molecule has 6 nitrogen and oxygen atoms in total. The van der Waals surface area contributed by atoms with Crippen molar-refractivity contribution >= 4 is 50.5 Å². The van der Waals surface area contributed by atoms with E-state index >= 15 is 0 Å². The Labute approximate surface area is 162 Å². The van der Waals surface area contributed by atoms with Gasteiger partial charge in [-0.3, -0.25) is 9.59 Å². The Morgan fingerprint density at radius 2 is 1.85 bits per heavy atom. The van der Waals surface area contributed by atoms with E-state index in [9.17, 15) is 9.59 Å².